The third kappa shape index (κ3) is 2.40. The molecule has 1 atom stereocenters. The van der Waals surface area contributed by atoms with Gasteiger partial charge in [-0.25, -0.2) is 0 Å². The normalized spacial score (nSPS) is 17.1. The number of ether oxygens (including phenoxy) is 1. The van der Waals surface area contributed by atoms with Crippen LogP contribution in [-0.2, 0) is 11.3 Å². The zero-order chi connectivity index (χ0) is 13.2. The number of rotatable bonds is 2. The first-order valence-electron chi connectivity index (χ1n) is 6.41. The minimum absolute atomic E-state index is 0.586. The molecule has 1 unspecified atom stereocenters. The molecule has 19 heavy (non-hydrogen) atoms. The summed E-state index contributed by atoms with van der Waals surface area (Å²) in [5.74, 6) is 0.768. The third-order valence-electron chi connectivity index (χ3n) is 3.36. The van der Waals surface area contributed by atoms with Crippen molar-refractivity contribution in [3.63, 3.8) is 0 Å². The SMILES string of the molecule is Cc1cccc(C(O)/C=C2/OCc3ccccc32)c1. The first-order valence-corrected chi connectivity index (χ1v) is 6.41. The highest BCUT2D eigenvalue weighted by Crippen LogP contribution is 2.31. The van der Waals surface area contributed by atoms with Gasteiger partial charge < -0.3 is 9.84 Å². The quantitative estimate of drug-likeness (QED) is 0.885. The highest BCUT2D eigenvalue weighted by atomic mass is 16.5. The van der Waals surface area contributed by atoms with Crippen molar-refractivity contribution >= 4 is 5.76 Å². The standard InChI is InChI=1S/C17H16O2/c1-12-5-4-7-13(9-12)16(18)10-17-15-8-3-2-6-14(15)11-19-17/h2-10,16,18H,11H2,1H3/b17-10+. The molecule has 0 spiro atoms. The average molecular weight is 252 g/mol. The number of hydrogen-bond donors (Lipinski definition) is 1. The number of benzene rings is 2. The van der Waals surface area contributed by atoms with E-state index < -0.39 is 6.10 Å². The molecule has 0 fully saturated rings. The highest BCUT2D eigenvalue weighted by Gasteiger charge is 2.18. The summed E-state index contributed by atoms with van der Waals surface area (Å²) in [6.45, 7) is 2.60. The molecule has 96 valence electrons. The monoisotopic (exact) mass is 252 g/mol. The van der Waals surface area contributed by atoms with E-state index in [2.05, 4.69) is 6.07 Å². The molecule has 0 aliphatic carbocycles. The van der Waals surface area contributed by atoms with Crippen LogP contribution >= 0.6 is 0 Å². The van der Waals surface area contributed by atoms with Gasteiger partial charge in [0.1, 0.15) is 18.5 Å². The van der Waals surface area contributed by atoms with Gasteiger partial charge in [0, 0.05) is 11.1 Å². The molecule has 0 saturated heterocycles. The maximum Gasteiger partial charge on any atom is 0.126 e. The smallest absolute Gasteiger partial charge is 0.126 e. The van der Waals surface area contributed by atoms with E-state index in [0.29, 0.717) is 6.61 Å². The fourth-order valence-corrected chi connectivity index (χ4v) is 2.35. The molecule has 1 aliphatic rings. The summed E-state index contributed by atoms with van der Waals surface area (Å²) in [5.41, 5.74) is 4.28. The minimum atomic E-state index is -0.638. The molecule has 0 radical (unpaired) electrons. The van der Waals surface area contributed by atoms with E-state index in [1.54, 1.807) is 6.08 Å². The van der Waals surface area contributed by atoms with E-state index in [-0.39, 0.29) is 0 Å². The van der Waals surface area contributed by atoms with Crippen molar-refractivity contribution in [2.24, 2.45) is 0 Å². The summed E-state index contributed by atoms with van der Waals surface area (Å²) in [4.78, 5) is 0. The lowest BCUT2D eigenvalue weighted by atomic mass is 10.0. The van der Waals surface area contributed by atoms with Crippen LogP contribution < -0.4 is 0 Å². The molecule has 2 aromatic rings. The summed E-state index contributed by atoms with van der Waals surface area (Å²) < 4.78 is 5.65. The third-order valence-corrected chi connectivity index (χ3v) is 3.36. The van der Waals surface area contributed by atoms with E-state index in [9.17, 15) is 5.11 Å². The molecule has 0 saturated carbocycles. The Morgan fingerprint density at radius 1 is 1.16 bits per heavy atom. The summed E-state index contributed by atoms with van der Waals surface area (Å²) in [6, 6.07) is 16.0. The Bertz CT molecular complexity index is 629. The van der Waals surface area contributed by atoms with Crippen molar-refractivity contribution in [3.05, 3.63) is 76.9 Å². The van der Waals surface area contributed by atoms with Crippen LogP contribution in [0, 0.1) is 6.92 Å². The summed E-state index contributed by atoms with van der Waals surface area (Å²) >= 11 is 0. The lowest BCUT2D eigenvalue weighted by molar-refractivity contribution is 0.220. The predicted molar refractivity (Wildman–Crippen MR) is 75.3 cm³/mol. The second-order valence-electron chi connectivity index (χ2n) is 4.84. The van der Waals surface area contributed by atoms with Gasteiger partial charge >= 0.3 is 0 Å². The van der Waals surface area contributed by atoms with Gasteiger partial charge in [0.15, 0.2) is 0 Å². The molecule has 0 bridgehead atoms. The van der Waals surface area contributed by atoms with Crippen molar-refractivity contribution in [2.45, 2.75) is 19.6 Å². The zero-order valence-corrected chi connectivity index (χ0v) is 10.8. The second kappa shape index (κ2) is 4.90. The molecule has 0 aromatic heterocycles. The van der Waals surface area contributed by atoms with Crippen LogP contribution in [0.15, 0.2) is 54.6 Å². The number of aliphatic hydroxyl groups is 1. The summed E-state index contributed by atoms with van der Waals surface area (Å²) in [6.07, 6.45) is 1.14. The van der Waals surface area contributed by atoms with Gasteiger partial charge in [0.25, 0.3) is 0 Å². The van der Waals surface area contributed by atoms with E-state index in [1.165, 1.54) is 5.56 Å². The van der Waals surface area contributed by atoms with E-state index >= 15 is 0 Å². The number of fused-ring (bicyclic) bond motifs is 1. The first-order chi connectivity index (χ1) is 9.24. The van der Waals surface area contributed by atoms with E-state index in [0.717, 1.165) is 22.4 Å². The van der Waals surface area contributed by atoms with Crippen molar-refractivity contribution < 1.29 is 9.84 Å². The molecule has 0 amide bonds. The summed E-state index contributed by atoms with van der Waals surface area (Å²) in [5, 5.41) is 10.3. The Balaban J connectivity index is 1.91. The fraction of sp³-hybridized carbons (Fsp3) is 0.176. The molecule has 1 N–H and O–H groups in total. The zero-order valence-electron chi connectivity index (χ0n) is 10.8. The van der Waals surface area contributed by atoms with Crippen LogP contribution in [0.25, 0.3) is 5.76 Å². The number of aliphatic hydroxyl groups excluding tert-OH is 1. The Morgan fingerprint density at radius 2 is 2.00 bits per heavy atom. The Hall–Kier alpha value is -2.06. The topological polar surface area (TPSA) is 29.5 Å². The predicted octanol–water partition coefficient (Wildman–Crippen LogP) is 3.60. The molecular weight excluding hydrogens is 236 g/mol. The second-order valence-corrected chi connectivity index (χ2v) is 4.84. The van der Waals surface area contributed by atoms with Gasteiger partial charge in [-0.3, -0.25) is 0 Å². The molecule has 2 aromatic carbocycles. The molecule has 3 rings (SSSR count). The largest absolute Gasteiger partial charge is 0.488 e. The maximum absolute atomic E-state index is 10.3. The van der Waals surface area contributed by atoms with Crippen LogP contribution in [0.5, 0.6) is 0 Å². The number of hydrogen-bond acceptors (Lipinski definition) is 2. The van der Waals surface area contributed by atoms with Gasteiger partial charge in [0.2, 0.25) is 0 Å². The van der Waals surface area contributed by atoms with Gasteiger partial charge in [-0.05, 0) is 18.6 Å². The van der Waals surface area contributed by atoms with Crippen molar-refractivity contribution in [1.29, 1.82) is 0 Å². The van der Waals surface area contributed by atoms with E-state index in [1.807, 2.05) is 49.4 Å². The Labute approximate surface area is 113 Å². The molecular formula is C17H16O2. The van der Waals surface area contributed by atoms with Crippen molar-refractivity contribution in [1.82, 2.24) is 0 Å². The van der Waals surface area contributed by atoms with Crippen molar-refractivity contribution in [2.75, 3.05) is 0 Å². The lowest BCUT2D eigenvalue weighted by Gasteiger charge is -2.09. The molecule has 1 aliphatic heterocycles. The molecule has 2 heteroatoms. The van der Waals surface area contributed by atoms with E-state index in [4.69, 9.17) is 4.74 Å². The Morgan fingerprint density at radius 3 is 2.84 bits per heavy atom. The minimum Gasteiger partial charge on any atom is -0.488 e. The van der Waals surface area contributed by atoms with Gasteiger partial charge in [-0.2, -0.15) is 0 Å². The van der Waals surface area contributed by atoms with Gasteiger partial charge in [0.05, 0.1) is 0 Å². The van der Waals surface area contributed by atoms with Crippen LogP contribution in [-0.4, -0.2) is 5.11 Å². The van der Waals surface area contributed by atoms with Crippen LogP contribution in [0.4, 0.5) is 0 Å². The average Bonchev–Trinajstić information content (AvgIpc) is 2.82. The molecule has 1 heterocycles. The van der Waals surface area contributed by atoms with Gasteiger partial charge in [-0.1, -0.05) is 54.1 Å². The molecule has 2 nitrogen and oxygen atoms in total. The lowest BCUT2D eigenvalue weighted by Crippen LogP contribution is -1.95. The highest BCUT2D eigenvalue weighted by molar-refractivity contribution is 5.66. The van der Waals surface area contributed by atoms with Crippen molar-refractivity contribution in [3.8, 4) is 0 Å². The van der Waals surface area contributed by atoms with Crippen LogP contribution in [0.3, 0.4) is 0 Å². The van der Waals surface area contributed by atoms with Gasteiger partial charge in [-0.15, -0.1) is 0 Å². The maximum atomic E-state index is 10.3. The first kappa shape index (κ1) is 12.0. The van der Waals surface area contributed by atoms with Crippen LogP contribution in [0.2, 0.25) is 0 Å². The Kier molecular flexibility index (Phi) is 3.10. The summed E-state index contributed by atoms with van der Waals surface area (Å²) in [7, 11) is 0. The number of aryl methyl sites for hydroxylation is 1. The fourth-order valence-electron chi connectivity index (χ4n) is 2.35. The van der Waals surface area contributed by atoms with Crippen LogP contribution in [0.1, 0.15) is 28.4 Å².